The number of ether oxygens (including phenoxy) is 2. The molecule has 0 spiro atoms. The molecule has 3 saturated heterocycles. The Morgan fingerprint density at radius 3 is 2.40 bits per heavy atom. The number of nitrogens with zero attached hydrogens (tertiary/aromatic N) is 1. The second-order valence-electron chi connectivity index (χ2n) is 7.54. The van der Waals surface area contributed by atoms with Crippen molar-refractivity contribution in [1.29, 1.82) is 0 Å². The first-order valence-electron chi connectivity index (χ1n) is 8.95. The Hall–Kier alpha value is -1.43. The molecule has 3 fully saturated rings. The monoisotopic (exact) mass is 348 g/mol. The number of likely N-dealkylation sites (N-methyl/N-ethyl adjacent to an activating group) is 1. The molecule has 3 aliphatic rings. The summed E-state index contributed by atoms with van der Waals surface area (Å²) in [5.41, 5.74) is 0.809. The zero-order chi connectivity index (χ0) is 16.9. The first-order chi connectivity index (χ1) is 11.6. The van der Waals surface area contributed by atoms with Crippen molar-refractivity contribution in [3.63, 3.8) is 0 Å². The van der Waals surface area contributed by atoms with E-state index < -0.39 is 5.92 Å². The minimum atomic E-state index is -0.594. The molecule has 2 bridgehead atoms. The van der Waals surface area contributed by atoms with Crippen LogP contribution in [0.3, 0.4) is 0 Å². The number of piperidine rings is 1. The lowest BCUT2D eigenvalue weighted by Crippen LogP contribution is -2.62. The van der Waals surface area contributed by atoms with Crippen molar-refractivity contribution in [3.8, 4) is 0 Å². The summed E-state index contributed by atoms with van der Waals surface area (Å²) in [6, 6.07) is 10.2. The van der Waals surface area contributed by atoms with Crippen LogP contribution in [0.4, 0.5) is 0 Å². The van der Waals surface area contributed by atoms with Gasteiger partial charge in [0.1, 0.15) is 36.3 Å². The number of hydrogen-bond donors (Lipinski definition) is 1. The summed E-state index contributed by atoms with van der Waals surface area (Å²) in [5.74, 6) is -0.904. The molecular formula is C20H30NO4+. The molecule has 0 amide bonds. The highest BCUT2D eigenvalue weighted by Gasteiger charge is 2.71. The second kappa shape index (κ2) is 6.71. The summed E-state index contributed by atoms with van der Waals surface area (Å²) < 4.78 is 12.7. The molecule has 1 aromatic carbocycles. The van der Waals surface area contributed by atoms with E-state index in [0.717, 1.165) is 29.4 Å². The maximum Gasteiger partial charge on any atom is 0.316 e. The van der Waals surface area contributed by atoms with E-state index in [0.29, 0.717) is 24.3 Å². The van der Waals surface area contributed by atoms with Gasteiger partial charge in [-0.1, -0.05) is 37.8 Å². The van der Waals surface area contributed by atoms with Crippen molar-refractivity contribution in [2.45, 2.75) is 63.5 Å². The summed E-state index contributed by atoms with van der Waals surface area (Å²) in [5, 5.41) is 9.64. The fourth-order valence-corrected chi connectivity index (χ4v) is 4.87. The minimum absolute atomic E-state index is 0. The fraction of sp³-hybridized carbons (Fsp3) is 0.650. The van der Waals surface area contributed by atoms with Crippen LogP contribution >= 0.6 is 0 Å². The number of aliphatic hydroxyl groups is 1. The van der Waals surface area contributed by atoms with Crippen molar-refractivity contribution < 1.29 is 23.9 Å². The molecular weight excluding hydrogens is 318 g/mol. The van der Waals surface area contributed by atoms with E-state index >= 15 is 0 Å². The number of morpholine rings is 1. The smallest absolute Gasteiger partial charge is 0.316 e. The van der Waals surface area contributed by atoms with Crippen LogP contribution in [0.25, 0.3) is 0 Å². The van der Waals surface area contributed by atoms with Crippen LogP contribution in [0, 0.1) is 0 Å². The van der Waals surface area contributed by atoms with Gasteiger partial charge in [-0.15, -0.1) is 0 Å². The molecule has 5 heteroatoms. The summed E-state index contributed by atoms with van der Waals surface area (Å²) in [7, 11) is 2.31. The topological polar surface area (TPSA) is 59.1 Å². The molecule has 138 valence electrons. The molecule has 0 radical (unpaired) electrons. The van der Waals surface area contributed by atoms with Crippen molar-refractivity contribution in [2.24, 2.45) is 0 Å². The van der Waals surface area contributed by atoms with Crippen LogP contribution in [0.5, 0.6) is 0 Å². The van der Waals surface area contributed by atoms with Crippen LogP contribution < -0.4 is 0 Å². The van der Waals surface area contributed by atoms with Crippen molar-refractivity contribution >= 4 is 5.97 Å². The average Bonchev–Trinajstić information content (AvgIpc) is 3.35. The predicted octanol–water partition coefficient (Wildman–Crippen LogP) is 2.09. The summed E-state index contributed by atoms with van der Waals surface area (Å²) >= 11 is 0. The Morgan fingerprint density at radius 1 is 1.28 bits per heavy atom. The minimum Gasteiger partial charge on any atom is -0.461 e. The third-order valence-corrected chi connectivity index (χ3v) is 6.48. The molecule has 1 N–H and O–H groups in total. The maximum atomic E-state index is 12.6. The maximum absolute atomic E-state index is 12.6. The Morgan fingerprint density at radius 2 is 1.88 bits per heavy atom. The summed E-state index contributed by atoms with van der Waals surface area (Å²) in [6.07, 6.45) is 2.37. The first-order valence-corrected chi connectivity index (χ1v) is 8.95. The normalized spacial score (nSPS) is 39.1. The largest absolute Gasteiger partial charge is 0.461 e. The molecule has 0 aromatic heterocycles. The van der Waals surface area contributed by atoms with Crippen LogP contribution in [0.15, 0.2) is 30.3 Å². The highest BCUT2D eigenvalue weighted by atomic mass is 16.6. The molecule has 3 heterocycles. The number of quaternary nitrogens is 1. The van der Waals surface area contributed by atoms with Gasteiger partial charge >= 0.3 is 5.97 Å². The van der Waals surface area contributed by atoms with Crippen LogP contribution in [0.1, 0.15) is 38.7 Å². The van der Waals surface area contributed by atoms with E-state index in [-0.39, 0.29) is 26.1 Å². The number of benzene rings is 1. The van der Waals surface area contributed by atoms with E-state index in [1.165, 1.54) is 0 Å². The van der Waals surface area contributed by atoms with Crippen LogP contribution in [-0.4, -0.2) is 66.2 Å². The van der Waals surface area contributed by atoms with Crippen LogP contribution in [0.2, 0.25) is 0 Å². The molecule has 5 atom stereocenters. The quantitative estimate of drug-likeness (QED) is 0.503. The summed E-state index contributed by atoms with van der Waals surface area (Å²) in [4.78, 5) is 12.6. The van der Waals surface area contributed by atoms with E-state index in [2.05, 4.69) is 14.0 Å². The first kappa shape index (κ1) is 18.4. The van der Waals surface area contributed by atoms with Crippen LogP contribution in [-0.2, 0) is 14.3 Å². The van der Waals surface area contributed by atoms with Gasteiger partial charge in [-0.25, -0.2) is 0 Å². The van der Waals surface area contributed by atoms with Gasteiger partial charge in [0.25, 0.3) is 0 Å². The number of epoxide rings is 1. The Balaban J connectivity index is 0.00000182. The molecule has 4 rings (SSSR count). The van der Waals surface area contributed by atoms with Gasteiger partial charge in [-0.3, -0.25) is 4.79 Å². The molecule has 5 nitrogen and oxygen atoms in total. The lowest BCUT2D eigenvalue weighted by Gasteiger charge is -2.47. The van der Waals surface area contributed by atoms with Gasteiger partial charge in [-0.05, 0) is 12.5 Å². The molecule has 0 saturated carbocycles. The van der Waals surface area contributed by atoms with E-state index in [1.54, 1.807) is 0 Å². The zero-order valence-corrected chi connectivity index (χ0v) is 14.3. The number of aliphatic hydroxyl groups excluding tert-OH is 1. The fourth-order valence-electron chi connectivity index (χ4n) is 4.87. The van der Waals surface area contributed by atoms with E-state index in [9.17, 15) is 9.90 Å². The number of fused-ring (bicyclic) bond motifs is 5. The third-order valence-electron chi connectivity index (χ3n) is 6.48. The Labute approximate surface area is 150 Å². The molecule has 3 aliphatic heterocycles. The summed E-state index contributed by atoms with van der Waals surface area (Å²) in [6.45, 7) is 3.10. The standard InChI is InChI=1S/C19H26NO4.CH4/c1-3-20(2)15-9-13(10-16(20)18-17(15)24-18)23-19(22)14(11-21)12-7-5-4-6-8-12;/h4-8,13-18,21H,3,9-11H2,1-2H3;1H4/q+1;/t13?,14-,15?,16?,17?,18?,20?;/m1./s1. The van der Waals surface area contributed by atoms with E-state index in [1.807, 2.05) is 30.3 Å². The zero-order valence-electron chi connectivity index (χ0n) is 14.3. The Kier molecular flexibility index (Phi) is 4.93. The van der Waals surface area contributed by atoms with Crippen molar-refractivity contribution in [3.05, 3.63) is 35.9 Å². The van der Waals surface area contributed by atoms with Gasteiger partial charge in [0.05, 0.1) is 20.2 Å². The van der Waals surface area contributed by atoms with Gasteiger partial charge in [0.15, 0.2) is 0 Å². The van der Waals surface area contributed by atoms with Gasteiger partial charge in [0, 0.05) is 12.8 Å². The molecule has 0 aliphatic carbocycles. The molecule has 4 unspecified atom stereocenters. The highest BCUT2D eigenvalue weighted by Crippen LogP contribution is 2.52. The SMILES string of the molecule is C.CC[N+]1(C)C2CC(OC(=O)[C@H](CO)c3ccccc3)CC1C1OC12. The molecule has 25 heavy (non-hydrogen) atoms. The number of esters is 1. The number of carbonyl (C=O) groups excluding carboxylic acids is 1. The molecule has 1 aromatic rings. The lowest BCUT2D eigenvalue weighted by atomic mass is 9.95. The number of rotatable bonds is 5. The van der Waals surface area contributed by atoms with Gasteiger partial charge in [-0.2, -0.15) is 0 Å². The average molecular weight is 348 g/mol. The van der Waals surface area contributed by atoms with Gasteiger partial charge in [0.2, 0.25) is 0 Å². The lowest BCUT2D eigenvalue weighted by molar-refractivity contribution is -0.954. The number of hydrogen-bond acceptors (Lipinski definition) is 4. The highest BCUT2D eigenvalue weighted by molar-refractivity contribution is 5.78. The second-order valence-corrected chi connectivity index (χ2v) is 7.54. The third kappa shape index (κ3) is 2.88. The Bertz CT molecular complexity index is 601. The van der Waals surface area contributed by atoms with E-state index in [4.69, 9.17) is 9.47 Å². The number of carbonyl (C=O) groups is 1. The van der Waals surface area contributed by atoms with Crippen molar-refractivity contribution in [1.82, 2.24) is 0 Å². The van der Waals surface area contributed by atoms with Crippen molar-refractivity contribution in [2.75, 3.05) is 20.2 Å². The predicted molar refractivity (Wildman–Crippen MR) is 95.1 cm³/mol. The van der Waals surface area contributed by atoms with Gasteiger partial charge < -0.3 is 19.1 Å².